The summed E-state index contributed by atoms with van der Waals surface area (Å²) < 4.78 is 23.1. The number of carbonyl (C=O) groups excluding carboxylic acids is 2. The highest BCUT2D eigenvalue weighted by atomic mass is 16.7. The third-order valence-electron chi connectivity index (χ3n) is 20.5. The standard InChI is InChI=1S/C88H171NO8/c1-6-8-10-12-14-16-18-20-22-24-26-28-30-32-34-36-38-40-42-43-45-47-49-51-53-55-57-59-61-63-65-67-69-71-73-75-77-79-86(91)97-84(83-96-88(87(92)93)94-81-80-89(3,4)5)82-95-85(90)78-76-74-72-70-68-66-64-62-60-58-56-54-52-50-48-46-44-41-39-37-35-33-31-29-27-25-23-21-19-17-15-13-11-9-7-2/h24,26,84,88H,6-23,25,27-83H2,1-5H3/p+1/b26-24-. The van der Waals surface area contributed by atoms with Gasteiger partial charge in [0.05, 0.1) is 34.4 Å². The number of unbranched alkanes of at least 4 members (excludes halogenated alkanes) is 67. The van der Waals surface area contributed by atoms with Crippen LogP contribution < -0.4 is 0 Å². The molecule has 0 amide bonds. The van der Waals surface area contributed by atoms with Gasteiger partial charge in [-0.1, -0.05) is 437 Å². The van der Waals surface area contributed by atoms with Crippen LogP contribution in [-0.4, -0.2) is 87.4 Å². The average Bonchev–Trinajstić information content (AvgIpc) is 3.11. The Kier molecular flexibility index (Phi) is 78.1. The molecule has 576 valence electrons. The van der Waals surface area contributed by atoms with Crippen LogP contribution in [0.25, 0.3) is 0 Å². The summed E-state index contributed by atoms with van der Waals surface area (Å²) in [6.45, 7) is 4.98. The number of nitrogens with zero attached hydrogens (tertiary/aromatic N) is 1. The zero-order chi connectivity index (χ0) is 70.4. The van der Waals surface area contributed by atoms with Crippen LogP contribution in [0.1, 0.15) is 476 Å². The van der Waals surface area contributed by atoms with Crippen LogP contribution in [0.4, 0.5) is 0 Å². The Balaban J connectivity index is 3.90. The van der Waals surface area contributed by atoms with Gasteiger partial charge in [0.2, 0.25) is 0 Å². The summed E-state index contributed by atoms with van der Waals surface area (Å²) in [7, 11) is 6.01. The van der Waals surface area contributed by atoms with Gasteiger partial charge in [-0.25, -0.2) is 4.79 Å². The molecule has 0 bridgehead atoms. The SMILES string of the molecule is CCCCCCCCCC/C=C\CCCCCCCCCCCCCCCCCCCCCCCCCCCC(=O)OC(COC(=O)CCCCCCCCCCCCCCCCCCCCCCCCCCCCCCCCCCCCC)COC(OCC[N+](C)(C)C)C(=O)O. The predicted octanol–water partition coefficient (Wildman–Crippen LogP) is 28.3. The number of carboxylic acids is 1. The number of carbonyl (C=O) groups is 3. The summed E-state index contributed by atoms with van der Waals surface area (Å²) in [6.07, 6.45) is 98.4. The molecule has 0 aliphatic heterocycles. The van der Waals surface area contributed by atoms with Crippen LogP contribution in [0, 0.1) is 0 Å². The molecule has 2 unspecified atom stereocenters. The smallest absolute Gasteiger partial charge is 0.361 e. The van der Waals surface area contributed by atoms with Gasteiger partial charge in [-0.05, 0) is 38.5 Å². The van der Waals surface area contributed by atoms with Crippen LogP contribution in [-0.2, 0) is 33.3 Å². The third-order valence-corrected chi connectivity index (χ3v) is 20.5. The van der Waals surface area contributed by atoms with E-state index in [-0.39, 0.29) is 38.2 Å². The number of aliphatic carboxylic acids is 1. The number of likely N-dealkylation sites (N-methyl/N-ethyl adjacent to an activating group) is 1. The first-order chi connectivity index (χ1) is 47.6. The molecule has 97 heavy (non-hydrogen) atoms. The Hall–Kier alpha value is -1.97. The van der Waals surface area contributed by atoms with Crippen molar-refractivity contribution in [2.24, 2.45) is 0 Å². The molecule has 0 heterocycles. The molecule has 1 N–H and O–H groups in total. The van der Waals surface area contributed by atoms with E-state index >= 15 is 0 Å². The molecule has 9 heteroatoms. The molecular weight excluding hydrogens is 1200 g/mol. The van der Waals surface area contributed by atoms with Crippen LogP contribution in [0.15, 0.2) is 12.2 Å². The topological polar surface area (TPSA) is 108 Å². The monoisotopic (exact) mass is 1370 g/mol. The van der Waals surface area contributed by atoms with E-state index in [2.05, 4.69) is 26.0 Å². The Labute approximate surface area is 606 Å². The van der Waals surface area contributed by atoms with Crippen LogP contribution in [0.5, 0.6) is 0 Å². The lowest BCUT2D eigenvalue weighted by Crippen LogP contribution is -2.40. The highest BCUT2D eigenvalue weighted by Gasteiger charge is 2.25. The molecule has 0 spiro atoms. The van der Waals surface area contributed by atoms with E-state index in [0.717, 1.165) is 38.5 Å². The van der Waals surface area contributed by atoms with Crippen LogP contribution >= 0.6 is 0 Å². The predicted molar refractivity (Wildman–Crippen MR) is 420 cm³/mol. The number of ether oxygens (including phenoxy) is 4. The number of hydrogen-bond acceptors (Lipinski definition) is 7. The lowest BCUT2D eigenvalue weighted by Gasteiger charge is -2.25. The Morgan fingerprint density at radius 1 is 0.299 bits per heavy atom. The van der Waals surface area contributed by atoms with Crippen molar-refractivity contribution >= 4 is 17.9 Å². The van der Waals surface area contributed by atoms with Crippen molar-refractivity contribution in [2.45, 2.75) is 489 Å². The molecular formula is C88H172NO8+. The minimum Gasteiger partial charge on any atom is -0.477 e. The second kappa shape index (κ2) is 79.7. The van der Waals surface area contributed by atoms with E-state index < -0.39 is 18.4 Å². The lowest BCUT2D eigenvalue weighted by molar-refractivity contribution is -0.870. The molecule has 0 radical (unpaired) electrons. The molecule has 0 saturated heterocycles. The molecule has 2 atom stereocenters. The van der Waals surface area contributed by atoms with Crippen molar-refractivity contribution < 1.29 is 42.9 Å². The van der Waals surface area contributed by atoms with Crippen LogP contribution in [0.2, 0.25) is 0 Å². The number of rotatable bonds is 84. The van der Waals surface area contributed by atoms with Crippen molar-refractivity contribution in [3.63, 3.8) is 0 Å². The number of quaternary nitrogens is 1. The van der Waals surface area contributed by atoms with E-state index in [0.29, 0.717) is 17.4 Å². The molecule has 0 aliphatic rings. The highest BCUT2D eigenvalue weighted by molar-refractivity contribution is 5.71. The summed E-state index contributed by atoms with van der Waals surface area (Å²) in [6, 6.07) is 0. The van der Waals surface area contributed by atoms with Gasteiger partial charge in [0.15, 0.2) is 6.10 Å². The maximum atomic E-state index is 13.0. The molecule has 0 aliphatic carbocycles. The van der Waals surface area contributed by atoms with Gasteiger partial charge in [0.1, 0.15) is 13.2 Å². The summed E-state index contributed by atoms with van der Waals surface area (Å²) in [4.78, 5) is 37.8. The van der Waals surface area contributed by atoms with E-state index in [9.17, 15) is 19.5 Å². The van der Waals surface area contributed by atoms with Gasteiger partial charge in [0, 0.05) is 12.8 Å². The Bertz CT molecular complexity index is 1600. The molecule has 0 aromatic carbocycles. The maximum Gasteiger partial charge on any atom is 0.361 e. The van der Waals surface area contributed by atoms with Crippen molar-refractivity contribution in [1.82, 2.24) is 0 Å². The Morgan fingerprint density at radius 3 is 0.763 bits per heavy atom. The van der Waals surface area contributed by atoms with E-state index in [1.807, 2.05) is 21.1 Å². The van der Waals surface area contributed by atoms with Crippen LogP contribution in [0.3, 0.4) is 0 Å². The fourth-order valence-corrected chi connectivity index (χ4v) is 13.8. The van der Waals surface area contributed by atoms with Gasteiger partial charge in [-0.15, -0.1) is 0 Å². The average molecular weight is 1370 g/mol. The molecule has 0 aromatic heterocycles. The summed E-state index contributed by atoms with van der Waals surface area (Å²) >= 11 is 0. The molecule has 0 aromatic rings. The van der Waals surface area contributed by atoms with Gasteiger partial charge in [-0.2, -0.15) is 0 Å². The first-order valence-corrected chi connectivity index (χ1v) is 43.9. The van der Waals surface area contributed by atoms with Crippen molar-refractivity contribution in [1.29, 1.82) is 0 Å². The number of carboxylic acid groups (broad SMARTS) is 1. The molecule has 0 saturated carbocycles. The summed E-state index contributed by atoms with van der Waals surface area (Å²) in [5.74, 6) is -1.96. The van der Waals surface area contributed by atoms with Crippen molar-refractivity contribution in [2.75, 3.05) is 47.5 Å². The number of allylic oxidation sites excluding steroid dienone is 2. The zero-order valence-electron chi connectivity index (χ0n) is 66.3. The Morgan fingerprint density at radius 2 is 0.526 bits per heavy atom. The normalized spacial score (nSPS) is 12.5. The fourth-order valence-electron chi connectivity index (χ4n) is 13.8. The van der Waals surface area contributed by atoms with Crippen molar-refractivity contribution in [3.8, 4) is 0 Å². The number of hydrogen-bond donors (Lipinski definition) is 1. The second-order valence-electron chi connectivity index (χ2n) is 31.6. The molecule has 9 nitrogen and oxygen atoms in total. The van der Waals surface area contributed by atoms with Gasteiger partial charge < -0.3 is 28.5 Å². The highest BCUT2D eigenvalue weighted by Crippen LogP contribution is 2.21. The van der Waals surface area contributed by atoms with Crippen molar-refractivity contribution in [3.05, 3.63) is 12.2 Å². The minimum absolute atomic E-state index is 0.172. The van der Waals surface area contributed by atoms with Gasteiger partial charge in [0.25, 0.3) is 6.29 Å². The molecule has 0 fully saturated rings. The summed E-state index contributed by atoms with van der Waals surface area (Å²) in [5.41, 5.74) is 0. The minimum atomic E-state index is -1.51. The maximum absolute atomic E-state index is 13.0. The number of esters is 2. The zero-order valence-corrected chi connectivity index (χ0v) is 66.3. The van der Waals surface area contributed by atoms with E-state index in [1.165, 1.54) is 411 Å². The molecule has 0 rings (SSSR count). The fraction of sp³-hybridized carbons (Fsp3) is 0.943. The van der Waals surface area contributed by atoms with E-state index in [4.69, 9.17) is 18.9 Å². The quantitative estimate of drug-likeness (QED) is 0.0211. The van der Waals surface area contributed by atoms with Gasteiger partial charge in [-0.3, -0.25) is 9.59 Å². The first kappa shape index (κ1) is 95.0. The third kappa shape index (κ3) is 81.2. The second-order valence-corrected chi connectivity index (χ2v) is 31.6. The largest absolute Gasteiger partial charge is 0.477 e. The van der Waals surface area contributed by atoms with E-state index in [1.54, 1.807) is 0 Å². The lowest BCUT2D eigenvalue weighted by atomic mass is 10.0. The summed E-state index contributed by atoms with van der Waals surface area (Å²) in [5, 5.41) is 9.79. The van der Waals surface area contributed by atoms with Gasteiger partial charge >= 0.3 is 17.9 Å². The first-order valence-electron chi connectivity index (χ1n) is 43.9.